The fourth-order valence-corrected chi connectivity index (χ4v) is 3.57. The Kier molecular flexibility index (Phi) is 3.55. The van der Waals surface area contributed by atoms with Gasteiger partial charge in [0.05, 0.1) is 20.8 Å². The van der Waals surface area contributed by atoms with Crippen LogP contribution in [0.4, 0.5) is 0 Å². The van der Waals surface area contributed by atoms with Crippen LogP contribution in [0.25, 0.3) is 10.2 Å². The van der Waals surface area contributed by atoms with E-state index in [0.29, 0.717) is 12.8 Å². The molecule has 0 saturated heterocycles. The van der Waals surface area contributed by atoms with E-state index in [0.717, 1.165) is 16.1 Å². The van der Waals surface area contributed by atoms with Crippen LogP contribution in [0.15, 0.2) is 54.6 Å². The molecule has 1 unspecified atom stereocenters. The van der Waals surface area contributed by atoms with Crippen LogP contribution in [0.2, 0.25) is 0 Å². The summed E-state index contributed by atoms with van der Waals surface area (Å²) in [5.41, 5.74) is 1.40. The Morgan fingerprint density at radius 1 is 1.00 bits per heavy atom. The Hall–Kier alpha value is -1.71. The molecule has 0 bridgehead atoms. The third kappa shape index (κ3) is 3.06. The minimum atomic E-state index is -0.769. The highest BCUT2D eigenvalue weighted by Gasteiger charge is 2.23. The molecule has 0 aliphatic carbocycles. The molecule has 1 heterocycles. The van der Waals surface area contributed by atoms with Gasteiger partial charge in [0.1, 0.15) is 0 Å². The molecule has 0 saturated carbocycles. The summed E-state index contributed by atoms with van der Waals surface area (Å²) in [5, 5.41) is 11.6. The zero-order chi connectivity index (χ0) is 14.0. The van der Waals surface area contributed by atoms with Crippen LogP contribution in [0.5, 0.6) is 0 Å². The van der Waals surface area contributed by atoms with Crippen molar-refractivity contribution in [2.24, 2.45) is 0 Å². The summed E-state index contributed by atoms with van der Waals surface area (Å²) in [4.78, 5) is 4.60. The van der Waals surface area contributed by atoms with E-state index in [2.05, 4.69) is 11.1 Å². The standard InChI is InChI=1S/C17H17NOS/c1-17(19,11-13-7-3-2-4-8-13)12-16-18-14-9-5-6-10-15(14)20-16/h2-10,19H,11-12H2,1H3. The van der Waals surface area contributed by atoms with Crippen LogP contribution >= 0.6 is 11.3 Å². The maximum absolute atomic E-state index is 10.6. The molecule has 1 aromatic heterocycles. The fourth-order valence-electron chi connectivity index (χ4n) is 2.42. The summed E-state index contributed by atoms with van der Waals surface area (Å²) >= 11 is 1.66. The highest BCUT2D eigenvalue weighted by molar-refractivity contribution is 7.18. The molecule has 2 aromatic carbocycles. The Balaban J connectivity index is 1.78. The van der Waals surface area contributed by atoms with Crippen LogP contribution in [0.3, 0.4) is 0 Å². The molecular formula is C17H17NOS. The zero-order valence-corrected chi connectivity index (χ0v) is 12.2. The maximum atomic E-state index is 10.6. The highest BCUT2D eigenvalue weighted by atomic mass is 32.1. The first-order valence-electron chi connectivity index (χ1n) is 6.73. The van der Waals surface area contributed by atoms with Crippen molar-refractivity contribution < 1.29 is 5.11 Å². The highest BCUT2D eigenvalue weighted by Crippen LogP contribution is 2.26. The molecular weight excluding hydrogens is 266 g/mol. The number of hydrogen-bond acceptors (Lipinski definition) is 3. The van der Waals surface area contributed by atoms with Gasteiger partial charge in [-0.3, -0.25) is 0 Å². The van der Waals surface area contributed by atoms with Crippen molar-refractivity contribution in [3.8, 4) is 0 Å². The van der Waals surface area contributed by atoms with Crippen LogP contribution in [0.1, 0.15) is 17.5 Å². The summed E-state index contributed by atoms with van der Waals surface area (Å²) in [6.45, 7) is 1.88. The van der Waals surface area contributed by atoms with Gasteiger partial charge in [0, 0.05) is 12.8 Å². The van der Waals surface area contributed by atoms with Crippen molar-refractivity contribution in [1.82, 2.24) is 4.98 Å². The summed E-state index contributed by atoms with van der Waals surface area (Å²) in [6.07, 6.45) is 1.23. The Morgan fingerprint density at radius 3 is 2.45 bits per heavy atom. The molecule has 2 nitrogen and oxygen atoms in total. The van der Waals surface area contributed by atoms with Crippen molar-refractivity contribution in [3.05, 3.63) is 65.2 Å². The number of aliphatic hydroxyl groups is 1. The minimum absolute atomic E-state index is 0.585. The summed E-state index contributed by atoms with van der Waals surface area (Å²) in [6, 6.07) is 18.2. The van der Waals surface area contributed by atoms with E-state index in [1.165, 1.54) is 4.70 Å². The number of fused-ring (bicyclic) bond motifs is 1. The van der Waals surface area contributed by atoms with Crippen molar-refractivity contribution >= 4 is 21.6 Å². The van der Waals surface area contributed by atoms with Gasteiger partial charge in [0.25, 0.3) is 0 Å². The Labute approximate surface area is 122 Å². The van der Waals surface area contributed by atoms with Crippen molar-refractivity contribution in [2.75, 3.05) is 0 Å². The van der Waals surface area contributed by atoms with Crippen molar-refractivity contribution in [1.29, 1.82) is 0 Å². The van der Waals surface area contributed by atoms with Crippen molar-refractivity contribution in [2.45, 2.75) is 25.4 Å². The van der Waals surface area contributed by atoms with Gasteiger partial charge in [-0.2, -0.15) is 0 Å². The van der Waals surface area contributed by atoms with Crippen LogP contribution in [0, 0.1) is 0 Å². The smallest absolute Gasteiger partial charge is 0.0967 e. The number of thiazole rings is 1. The van der Waals surface area contributed by atoms with E-state index in [-0.39, 0.29) is 0 Å². The van der Waals surface area contributed by atoms with Gasteiger partial charge >= 0.3 is 0 Å². The molecule has 1 atom stereocenters. The number of aromatic nitrogens is 1. The number of nitrogens with zero attached hydrogens (tertiary/aromatic N) is 1. The lowest BCUT2D eigenvalue weighted by Gasteiger charge is -2.22. The largest absolute Gasteiger partial charge is 0.389 e. The number of para-hydroxylation sites is 1. The van der Waals surface area contributed by atoms with Gasteiger partial charge in [-0.15, -0.1) is 11.3 Å². The molecule has 1 N–H and O–H groups in total. The second-order valence-electron chi connectivity index (χ2n) is 5.41. The first-order valence-corrected chi connectivity index (χ1v) is 7.55. The van der Waals surface area contributed by atoms with Gasteiger partial charge < -0.3 is 5.11 Å². The summed E-state index contributed by atoms with van der Waals surface area (Å²) in [5.74, 6) is 0. The van der Waals surface area contributed by atoms with E-state index in [9.17, 15) is 5.11 Å². The van der Waals surface area contributed by atoms with Gasteiger partial charge in [0.2, 0.25) is 0 Å². The zero-order valence-electron chi connectivity index (χ0n) is 11.4. The second kappa shape index (κ2) is 5.35. The van der Waals surface area contributed by atoms with Crippen LogP contribution in [-0.2, 0) is 12.8 Å². The van der Waals surface area contributed by atoms with Crippen LogP contribution in [-0.4, -0.2) is 15.7 Å². The first-order chi connectivity index (χ1) is 9.62. The van der Waals surface area contributed by atoms with E-state index >= 15 is 0 Å². The van der Waals surface area contributed by atoms with E-state index in [1.54, 1.807) is 11.3 Å². The fraction of sp³-hybridized carbons (Fsp3) is 0.235. The normalized spacial score (nSPS) is 14.3. The molecule has 0 amide bonds. The monoisotopic (exact) mass is 283 g/mol. The lowest BCUT2D eigenvalue weighted by Crippen LogP contribution is -2.30. The van der Waals surface area contributed by atoms with Gasteiger partial charge in [0.15, 0.2) is 0 Å². The quantitative estimate of drug-likeness (QED) is 0.789. The third-order valence-corrected chi connectivity index (χ3v) is 4.33. The Bertz CT molecular complexity index is 670. The third-order valence-electron chi connectivity index (χ3n) is 3.30. The van der Waals surface area contributed by atoms with E-state index in [1.807, 2.05) is 55.5 Å². The molecule has 20 heavy (non-hydrogen) atoms. The van der Waals surface area contributed by atoms with Gasteiger partial charge in [-0.25, -0.2) is 4.98 Å². The lowest BCUT2D eigenvalue weighted by atomic mass is 9.93. The van der Waals surface area contributed by atoms with E-state index < -0.39 is 5.60 Å². The van der Waals surface area contributed by atoms with Gasteiger partial charge in [-0.05, 0) is 24.6 Å². The maximum Gasteiger partial charge on any atom is 0.0967 e. The average Bonchev–Trinajstić information content (AvgIpc) is 2.80. The molecule has 3 heteroatoms. The predicted molar refractivity (Wildman–Crippen MR) is 84.1 cm³/mol. The van der Waals surface area contributed by atoms with Gasteiger partial charge in [-0.1, -0.05) is 42.5 Å². The average molecular weight is 283 g/mol. The molecule has 3 aromatic rings. The number of benzene rings is 2. The molecule has 102 valence electrons. The predicted octanol–water partition coefficient (Wildman–Crippen LogP) is 3.83. The number of hydrogen-bond donors (Lipinski definition) is 1. The molecule has 3 rings (SSSR count). The second-order valence-corrected chi connectivity index (χ2v) is 6.53. The molecule has 0 spiro atoms. The SMILES string of the molecule is CC(O)(Cc1ccccc1)Cc1nc2ccccc2s1. The first kappa shape index (κ1) is 13.3. The number of rotatable bonds is 4. The lowest BCUT2D eigenvalue weighted by molar-refractivity contribution is 0.0608. The van der Waals surface area contributed by atoms with Crippen molar-refractivity contribution in [3.63, 3.8) is 0 Å². The Morgan fingerprint density at radius 2 is 1.70 bits per heavy atom. The molecule has 0 aliphatic rings. The minimum Gasteiger partial charge on any atom is -0.389 e. The topological polar surface area (TPSA) is 33.1 Å². The molecule has 0 fully saturated rings. The summed E-state index contributed by atoms with van der Waals surface area (Å²) < 4.78 is 1.18. The van der Waals surface area contributed by atoms with Crippen LogP contribution < -0.4 is 0 Å². The molecule has 0 aliphatic heterocycles. The summed E-state index contributed by atoms with van der Waals surface area (Å²) in [7, 11) is 0. The van der Waals surface area contributed by atoms with E-state index in [4.69, 9.17) is 0 Å². The molecule has 0 radical (unpaired) electrons.